The van der Waals surface area contributed by atoms with E-state index in [0.717, 1.165) is 38.1 Å². The first-order valence-electron chi connectivity index (χ1n) is 8.18. The normalized spacial score (nSPS) is 27.0. The molecular weight excluding hydrogens is 250 g/mol. The van der Waals surface area contributed by atoms with Gasteiger partial charge in [0, 0.05) is 45.8 Å². The Balaban J connectivity index is 1.67. The van der Waals surface area contributed by atoms with Crippen LogP contribution in [0.25, 0.3) is 0 Å². The largest absolute Gasteiger partial charge is 0.370 e. The van der Waals surface area contributed by atoms with E-state index in [9.17, 15) is 0 Å². The fourth-order valence-electron chi connectivity index (χ4n) is 3.13. The second-order valence-electron chi connectivity index (χ2n) is 6.21. The van der Waals surface area contributed by atoms with Crippen LogP contribution < -0.4 is 5.73 Å². The van der Waals surface area contributed by atoms with Crippen LogP contribution in [0.15, 0.2) is 4.99 Å². The highest BCUT2D eigenvalue weighted by atomic mass is 15.3. The van der Waals surface area contributed by atoms with Gasteiger partial charge in [-0.15, -0.1) is 0 Å². The van der Waals surface area contributed by atoms with Crippen molar-refractivity contribution in [2.24, 2.45) is 16.6 Å². The van der Waals surface area contributed by atoms with Crippen molar-refractivity contribution in [2.75, 3.05) is 58.9 Å². The molecule has 116 valence electrons. The van der Waals surface area contributed by atoms with Crippen molar-refractivity contribution in [3.63, 3.8) is 0 Å². The fourth-order valence-corrected chi connectivity index (χ4v) is 3.13. The Morgan fingerprint density at radius 1 is 1.15 bits per heavy atom. The number of likely N-dealkylation sites (tertiary alicyclic amines) is 1. The molecule has 0 aliphatic carbocycles. The van der Waals surface area contributed by atoms with E-state index in [-0.39, 0.29) is 0 Å². The monoisotopic (exact) mass is 281 g/mol. The van der Waals surface area contributed by atoms with Crippen LogP contribution in [-0.4, -0.2) is 79.6 Å². The Labute approximate surface area is 123 Å². The molecule has 5 nitrogen and oxygen atoms in total. The first-order valence-corrected chi connectivity index (χ1v) is 8.18. The standard InChI is InChI=1S/C15H31N5/c1-3-18-9-11-19(12-10-18)8-6-17-15(16)20-7-4-5-14(2)13-20/h14H,3-13H2,1-2H3,(H2,16,17). The number of piperazine rings is 1. The van der Waals surface area contributed by atoms with Crippen molar-refractivity contribution in [2.45, 2.75) is 26.7 Å². The van der Waals surface area contributed by atoms with Gasteiger partial charge in [-0.2, -0.15) is 0 Å². The summed E-state index contributed by atoms with van der Waals surface area (Å²) < 4.78 is 0. The van der Waals surface area contributed by atoms with Crippen LogP contribution >= 0.6 is 0 Å². The molecule has 5 heteroatoms. The van der Waals surface area contributed by atoms with E-state index < -0.39 is 0 Å². The maximum Gasteiger partial charge on any atom is 0.191 e. The van der Waals surface area contributed by atoms with Gasteiger partial charge in [-0.3, -0.25) is 9.89 Å². The molecule has 2 heterocycles. The SMILES string of the molecule is CCN1CCN(CCN=C(N)N2CCCC(C)C2)CC1. The molecule has 1 atom stereocenters. The van der Waals surface area contributed by atoms with Gasteiger partial charge in [-0.05, 0) is 25.3 Å². The van der Waals surface area contributed by atoms with Crippen LogP contribution in [0.2, 0.25) is 0 Å². The van der Waals surface area contributed by atoms with Gasteiger partial charge >= 0.3 is 0 Å². The highest BCUT2D eigenvalue weighted by molar-refractivity contribution is 5.78. The lowest BCUT2D eigenvalue weighted by atomic mass is 10.0. The summed E-state index contributed by atoms with van der Waals surface area (Å²) in [5.74, 6) is 1.50. The average molecular weight is 281 g/mol. The van der Waals surface area contributed by atoms with Crippen LogP contribution in [0.3, 0.4) is 0 Å². The molecule has 0 aromatic heterocycles. The summed E-state index contributed by atoms with van der Waals surface area (Å²) in [5, 5.41) is 0. The summed E-state index contributed by atoms with van der Waals surface area (Å²) in [6.45, 7) is 14.5. The van der Waals surface area contributed by atoms with Crippen molar-refractivity contribution in [3.8, 4) is 0 Å². The summed E-state index contributed by atoms with van der Waals surface area (Å²) in [6.07, 6.45) is 2.57. The number of likely N-dealkylation sites (N-methyl/N-ethyl adjacent to an activating group) is 1. The summed E-state index contributed by atoms with van der Waals surface area (Å²) in [7, 11) is 0. The number of aliphatic imine (C=N–C) groups is 1. The number of nitrogens with zero attached hydrogens (tertiary/aromatic N) is 4. The molecule has 2 rings (SSSR count). The maximum absolute atomic E-state index is 6.12. The highest BCUT2D eigenvalue weighted by Gasteiger charge is 2.18. The first-order chi connectivity index (χ1) is 9.69. The van der Waals surface area contributed by atoms with Crippen LogP contribution in [0.4, 0.5) is 0 Å². The third kappa shape index (κ3) is 4.63. The van der Waals surface area contributed by atoms with Gasteiger partial charge < -0.3 is 15.5 Å². The molecule has 2 aliphatic rings. The van der Waals surface area contributed by atoms with Crippen molar-refractivity contribution >= 4 is 5.96 Å². The molecule has 20 heavy (non-hydrogen) atoms. The third-order valence-electron chi connectivity index (χ3n) is 4.58. The zero-order valence-electron chi connectivity index (χ0n) is 13.2. The molecule has 0 aromatic carbocycles. The Kier molecular flexibility index (Phi) is 6.10. The lowest BCUT2D eigenvalue weighted by Crippen LogP contribution is -2.47. The van der Waals surface area contributed by atoms with Crippen LogP contribution in [0.5, 0.6) is 0 Å². The van der Waals surface area contributed by atoms with Gasteiger partial charge in [-0.1, -0.05) is 13.8 Å². The summed E-state index contributed by atoms with van der Waals surface area (Å²) >= 11 is 0. The van der Waals surface area contributed by atoms with Crippen molar-refractivity contribution in [3.05, 3.63) is 0 Å². The zero-order chi connectivity index (χ0) is 14.4. The third-order valence-corrected chi connectivity index (χ3v) is 4.58. The molecule has 2 saturated heterocycles. The predicted octanol–water partition coefficient (Wildman–Crippen LogP) is 0.671. The number of nitrogens with two attached hydrogens (primary N) is 1. The molecule has 1 unspecified atom stereocenters. The van der Waals surface area contributed by atoms with Gasteiger partial charge in [-0.25, -0.2) is 0 Å². The summed E-state index contributed by atoms with van der Waals surface area (Å²) in [5.41, 5.74) is 6.12. The maximum atomic E-state index is 6.12. The van der Waals surface area contributed by atoms with E-state index in [1.807, 2.05) is 0 Å². The Bertz CT molecular complexity index is 309. The lowest BCUT2D eigenvalue weighted by molar-refractivity contribution is 0.140. The number of rotatable bonds is 4. The van der Waals surface area contributed by atoms with E-state index in [1.165, 1.54) is 45.6 Å². The predicted molar refractivity (Wildman–Crippen MR) is 85.0 cm³/mol. The van der Waals surface area contributed by atoms with E-state index >= 15 is 0 Å². The molecule has 0 bridgehead atoms. The van der Waals surface area contributed by atoms with Crippen molar-refractivity contribution in [1.29, 1.82) is 0 Å². The van der Waals surface area contributed by atoms with Crippen molar-refractivity contribution in [1.82, 2.24) is 14.7 Å². The molecule has 0 amide bonds. The van der Waals surface area contributed by atoms with Crippen LogP contribution in [-0.2, 0) is 0 Å². The number of guanidine groups is 1. The van der Waals surface area contributed by atoms with E-state index in [0.29, 0.717) is 0 Å². The second kappa shape index (κ2) is 7.84. The molecule has 0 aromatic rings. The first kappa shape index (κ1) is 15.6. The van der Waals surface area contributed by atoms with Crippen molar-refractivity contribution < 1.29 is 0 Å². The molecular formula is C15H31N5. The molecule has 2 aliphatic heterocycles. The number of hydrogen-bond donors (Lipinski definition) is 1. The zero-order valence-corrected chi connectivity index (χ0v) is 13.2. The van der Waals surface area contributed by atoms with Gasteiger partial charge in [0.25, 0.3) is 0 Å². The minimum atomic E-state index is 0.750. The van der Waals surface area contributed by atoms with Crippen LogP contribution in [0.1, 0.15) is 26.7 Å². The van der Waals surface area contributed by atoms with Gasteiger partial charge in [0.2, 0.25) is 0 Å². The van der Waals surface area contributed by atoms with Gasteiger partial charge in [0.15, 0.2) is 5.96 Å². The lowest BCUT2D eigenvalue weighted by Gasteiger charge is -2.34. The summed E-state index contributed by atoms with van der Waals surface area (Å²) in [6, 6.07) is 0. The van der Waals surface area contributed by atoms with E-state index in [2.05, 4.69) is 33.5 Å². The molecule has 0 radical (unpaired) electrons. The molecule has 2 fully saturated rings. The minimum absolute atomic E-state index is 0.750. The quantitative estimate of drug-likeness (QED) is 0.608. The molecule has 2 N–H and O–H groups in total. The van der Waals surface area contributed by atoms with Gasteiger partial charge in [0.1, 0.15) is 0 Å². The second-order valence-corrected chi connectivity index (χ2v) is 6.21. The van der Waals surface area contributed by atoms with E-state index in [1.54, 1.807) is 0 Å². The summed E-state index contributed by atoms with van der Waals surface area (Å²) in [4.78, 5) is 11.8. The Morgan fingerprint density at radius 2 is 1.85 bits per heavy atom. The van der Waals surface area contributed by atoms with Crippen LogP contribution in [0, 0.1) is 5.92 Å². The van der Waals surface area contributed by atoms with Gasteiger partial charge in [0.05, 0.1) is 6.54 Å². The topological polar surface area (TPSA) is 48.1 Å². The number of piperidine rings is 1. The highest BCUT2D eigenvalue weighted by Crippen LogP contribution is 2.14. The number of hydrogen-bond acceptors (Lipinski definition) is 3. The molecule has 0 spiro atoms. The average Bonchev–Trinajstić information content (AvgIpc) is 2.48. The Morgan fingerprint density at radius 3 is 2.50 bits per heavy atom. The fraction of sp³-hybridized carbons (Fsp3) is 0.933. The minimum Gasteiger partial charge on any atom is -0.370 e. The smallest absolute Gasteiger partial charge is 0.191 e. The molecule has 0 saturated carbocycles. The Hall–Kier alpha value is -0.810. The van der Waals surface area contributed by atoms with E-state index in [4.69, 9.17) is 5.73 Å².